The number of aromatic nitrogens is 1. The van der Waals surface area contributed by atoms with Crippen molar-refractivity contribution in [3.63, 3.8) is 0 Å². The average molecular weight is 382 g/mol. The first kappa shape index (κ1) is 17.4. The minimum Gasteiger partial charge on any atom is -0.486 e. The Hall–Kier alpha value is -3.06. The normalized spacial score (nSPS) is 13.8. The molecule has 0 radical (unpaired) electrons. The van der Waals surface area contributed by atoms with E-state index in [-0.39, 0.29) is 11.6 Å². The summed E-state index contributed by atoms with van der Waals surface area (Å²) in [6, 6.07) is 12.4. The maximum absolute atomic E-state index is 12.6. The Morgan fingerprint density at radius 2 is 1.96 bits per heavy atom. The molecular weight excluding hydrogens is 364 g/mol. The maximum atomic E-state index is 12.6. The van der Waals surface area contributed by atoms with Gasteiger partial charge in [-0.3, -0.25) is 9.59 Å². The van der Waals surface area contributed by atoms with Gasteiger partial charge >= 0.3 is 0 Å². The average Bonchev–Trinajstić information content (AvgIpc) is 3.22. The molecular formula is C20H18N2O4S. The Balaban J connectivity index is 1.51. The summed E-state index contributed by atoms with van der Waals surface area (Å²) < 4.78 is 11.1. The minimum atomic E-state index is -0.420. The van der Waals surface area contributed by atoms with Crippen LogP contribution < -0.4 is 20.3 Å². The lowest BCUT2D eigenvalue weighted by Gasteiger charge is -2.21. The Labute approximate surface area is 159 Å². The van der Waals surface area contributed by atoms with E-state index in [0.717, 1.165) is 10.4 Å². The SMILES string of the molecule is CC(NC(=O)c1ccc(-c2cccs2)[nH]c1=O)c1ccc2c(c1)OCCO2. The summed E-state index contributed by atoms with van der Waals surface area (Å²) in [6.45, 7) is 2.89. The van der Waals surface area contributed by atoms with Gasteiger partial charge in [0.2, 0.25) is 0 Å². The number of benzene rings is 1. The molecule has 0 fully saturated rings. The Kier molecular flexibility index (Phi) is 4.68. The van der Waals surface area contributed by atoms with Crippen molar-refractivity contribution in [2.45, 2.75) is 13.0 Å². The Morgan fingerprint density at radius 3 is 2.70 bits per heavy atom. The van der Waals surface area contributed by atoms with Crippen molar-refractivity contribution in [2.24, 2.45) is 0 Å². The molecule has 3 heterocycles. The largest absolute Gasteiger partial charge is 0.486 e. The lowest BCUT2D eigenvalue weighted by Crippen LogP contribution is -2.31. The smallest absolute Gasteiger partial charge is 0.261 e. The number of fused-ring (bicyclic) bond motifs is 1. The maximum Gasteiger partial charge on any atom is 0.261 e. The van der Waals surface area contributed by atoms with Crippen molar-refractivity contribution in [3.8, 4) is 22.1 Å². The molecule has 1 aromatic carbocycles. The van der Waals surface area contributed by atoms with Crippen LogP contribution in [0.15, 0.2) is 52.6 Å². The Bertz CT molecular complexity index is 1030. The van der Waals surface area contributed by atoms with E-state index in [1.807, 2.05) is 42.6 Å². The molecule has 1 aliphatic rings. The van der Waals surface area contributed by atoms with Gasteiger partial charge < -0.3 is 19.8 Å². The summed E-state index contributed by atoms with van der Waals surface area (Å²) >= 11 is 1.53. The molecule has 138 valence electrons. The molecule has 0 bridgehead atoms. The standard InChI is InChI=1S/C20H18N2O4S/c1-12(13-4-7-16-17(11-13)26-9-8-25-16)21-19(23)14-5-6-15(22-20(14)24)18-3-2-10-27-18/h2-7,10-12H,8-9H2,1H3,(H,21,23)(H,22,24). The van der Waals surface area contributed by atoms with Crippen molar-refractivity contribution in [2.75, 3.05) is 13.2 Å². The number of aromatic amines is 1. The first-order valence-corrected chi connectivity index (χ1v) is 9.47. The van der Waals surface area contributed by atoms with E-state index in [0.29, 0.717) is 30.4 Å². The van der Waals surface area contributed by atoms with Crippen LogP contribution in [0.5, 0.6) is 11.5 Å². The third-order valence-corrected chi connectivity index (χ3v) is 5.26. The predicted octanol–water partition coefficient (Wildman–Crippen LogP) is 3.37. The van der Waals surface area contributed by atoms with Crippen LogP contribution in [0.4, 0.5) is 0 Å². The highest BCUT2D eigenvalue weighted by Gasteiger charge is 2.18. The van der Waals surface area contributed by atoms with Crippen LogP contribution in [-0.2, 0) is 0 Å². The number of ether oxygens (including phenoxy) is 2. The highest BCUT2D eigenvalue weighted by atomic mass is 32.1. The van der Waals surface area contributed by atoms with Crippen molar-refractivity contribution in [1.82, 2.24) is 10.3 Å². The van der Waals surface area contributed by atoms with Crippen LogP contribution in [0.25, 0.3) is 10.6 Å². The zero-order chi connectivity index (χ0) is 18.8. The van der Waals surface area contributed by atoms with E-state index in [2.05, 4.69) is 10.3 Å². The fourth-order valence-electron chi connectivity index (χ4n) is 2.92. The highest BCUT2D eigenvalue weighted by Crippen LogP contribution is 2.32. The molecule has 0 saturated carbocycles. The molecule has 0 saturated heterocycles. The van der Waals surface area contributed by atoms with Gasteiger partial charge in [-0.05, 0) is 48.2 Å². The third-order valence-electron chi connectivity index (χ3n) is 4.35. The number of H-pyrrole nitrogens is 1. The lowest BCUT2D eigenvalue weighted by molar-refractivity contribution is 0.0938. The highest BCUT2D eigenvalue weighted by molar-refractivity contribution is 7.13. The summed E-state index contributed by atoms with van der Waals surface area (Å²) in [7, 11) is 0. The van der Waals surface area contributed by atoms with Crippen molar-refractivity contribution < 1.29 is 14.3 Å². The van der Waals surface area contributed by atoms with E-state index in [1.54, 1.807) is 12.1 Å². The number of carbonyl (C=O) groups is 1. The fraction of sp³-hybridized carbons (Fsp3) is 0.200. The number of rotatable bonds is 4. The van der Waals surface area contributed by atoms with Gasteiger partial charge in [0.15, 0.2) is 11.5 Å². The summed E-state index contributed by atoms with van der Waals surface area (Å²) in [5.74, 6) is 0.943. The van der Waals surface area contributed by atoms with E-state index in [9.17, 15) is 9.59 Å². The van der Waals surface area contributed by atoms with Crippen LogP contribution >= 0.6 is 11.3 Å². The number of pyridine rings is 1. The molecule has 1 atom stereocenters. The van der Waals surface area contributed by atoms with Gasteiger partial charge in [0.1, 0.15) is 18.8 Å². The molecule has 0 aliphatic carbocycles. The minimum absolute atomic E-state index is 0.0831. The van der Waals surface area contributed by atoms with E-state index >= 15 is 0 Å². The van der Waals surface area contributed by atoms with Gasteiger partial charge in [-0.15, -0.1) is 11.3 Å². The number of hydrogen-bond donors (Lipinski definition) is 2. The molecule has 1 unspecified atom stereocenters. The molecule has 3 aromatic rings. The van der Waals surface area contributed by atoms with Crippen LogP contribution in [0.1, 0.15) is 28.9 Å². The zero-order valence-electron chi connectivity index (χ0n) is 14.7. The van der Waals surface area contributed by atoms with E-state index in [1.165, 1.54) is 11.3 Å². The number of carbonyl (C=O) groups excluding carboxylic acids is 1. The molecule has 2 N–H and O–H groups in total. The van der Waals surface area contributed by atoms with Gasteiger partial charge in [0.25, 0.3) is 11.5 Å². The Morgan fingerprint density at radius 1 is 1.15 bits per heavy atom. The van der Waals surface area contributed by atoms with Crippen molar-refractivity contribution >= 4 is 17.2 Å². The number of amides is 1. The third kappa shape index (κ3) is 3.59. The topological polar surface area (TPSA) is 80.4 Å². The second-order valence-corrected chi connectivity index (χ2v) is 7.14. The molecule has 0 spiro atoms. The molecule has 6 nitrogen and oxygen atoms in total. The molecule has 1 amide bonds. The van der Waals surface area contributed by atoms with Gasteiger partial charge in [0, 0.05) is 0 Å². The monoisotopic (exact) mass is 382 g/mol. The van der Waals surface area contributed by atoms with Crippen molar-refractivity contribution in [3.05, 3.63) is 69.3 Å². The predicted molar refractivity (Wildman–Crippen MR) is 104 cm³/mol. The number of thiophene rings is 1. The summed E-state index contributed by atoms with van der Waals surface area (Å²) in [5, 5.41) is 4.80. The van der Waals surface area contributed by atoms with Gasteiger partial charge in [-0.1, -0.05) is 12.1 Å². The molecule has 7 heteroatoms. The van der Waals surface area contributed by atoms with Crippen molar-refractivity contribution in [1.29, 1.82) is 0 Å². The summed E-state index contributed by atoms with van der Waals surface area (Å²) in [6.07, 6.45) is 0. The lowest BCUT2D eigenvalue weighted by atomic mass is 10.1. The number of nitrogens with one attached hydrogen (secondary N) is 2. The first-order chi connectivity index (χ1) is 13.1. The molecule has 27 heavy (non-hydrogen) atoms. The molecule has 2 aromatic heterocycles. The quantitative estimate of drug-likeness (QED) is 0.725. The summed E-state index contributed by atoms with van der Waals surface area (Å²) in [4.78, 5) is 28.6. The van der Waals surface area contributed by atoms with Gasteiger partial charge in [-0.25, -0.2) is 0 Å². The number of hydrogen-bond acceptors (Lipinski definition) is 5. The second-order valence-electron chi connectivity index (χ2n) is 6.19. The van der Waals surface area contributed by atoms with Crippen LogP contribution in [-0.4, -0.2) is 24.1 Å². The zero-order valence-corrected chi connectivity index (χ0v) is 15.5. The van der Waals surface area contributed by atoms with Gasteiger partial charge in [-0.2, -0.15) is 0 Å². The van der Waals surface area contributed by atoms with Gasteiger partial charge in [0.05, 0.1) is 16.6 Å². The molecule has 1 aliphatic heterocycles. The van der Waals surface area contributed by atoms with Crippen LogP contribution in [0.3, 0.4) is 0 Å². The molecule has 4 rings (SSSR count). The van der Waals surface area contributed by atoms with E-state index in [4.69, 9.17) is 9.47 Å². The fourth-order valence-corrected chi connectivity index (χ4v) is 3.62. The van der Waals surface area contributed by atoms with Crippen LogP contribution in [0.2, 0.25) is 0 Å². The first-order valence-electron chi connectivity index (χ1n) is 8.59. The van der Waals surface area contributed by atoms with E-state index < -0.39 is 11.5 Å². The van der Waals surface area contributed by atoms with Crippen LogP contribution in [0, 0.1) is 0 Å². The summed E-state index contributed by atoms with van der Waals surface area (Å²) in [5.41, 5.74) is 1.25. The second kappa shape index (κ2) is 7.28.